The molecule has 0 aliphatic carbocycles. The second-order valence-corrected chi connectivity index (χ2v) is 4.41. The van der Waals surface area contributed by atoms with Crippen LogP contribution >= 0.6 is 0 Å². The molecule has 0 radical (unpaired) electrons. The van der Waals surface area contributed by atoms with Crippen LogP contribution in [0.5, 0.6) is 0 Å². The number of likely N-dealkylation sites (N-methyl/N-ethyl adjacent to an activating group) is 2. The smallest absolute Gasteiger partial charge is 0.254 e. The van der Waals surface area contributed by atoms with Crippen LogP contribution in [0.4, 0.5) is 0 Å². The second kappa shape index (κ2) is 8.32. The number of nitrogens with one attached hydrogen (secondary N) is 1. The second-order valence-electron chi connectivity index (χ2n) is 4.41. The molecule has 110 valence electrons. The standard InChI is InChI=1S/C15H22N2O3/c1-4-16-14(18)10-17(5-2)15(19)13-8-6-7-12(9-13)11-20-3/h6-9H,4-5,10-11H2,1-3H3,(H,16,18). The maximum absolute atomic E-state index is 12.4. The van der Waals surface area contributed by atoms with Crippen LogP contribution in [-0.2, 0) is 16.1 Å². The Morgan fingerprint density at radius 2 is 2.05 bits per heavy atom. The summed E-state index contributed by atoms with van der Waals surface area (Å²) in [6.45, 7) is 5.31. The van der Waals surface area contributed by atoms with Gasteiger partial charge >= 0.3 is 0 Å². The highest BCUT2D eigenvalue weighted by Gasteiger charge is 2.17. The Bertz CT molecular complexity index is 460. The largest absolute Gasteiger partial charge is 0.380 e. The molecule has 0 aliphatic heterocycles. The van der Waals surface area contributed by atoms with Gasteiger partial charge in [0.25, 0.3) is 5.91 Å². The van der Waals surface area contributed by atoms with E-state index in [2.05, 4.69) is 5.32 Å². The Hall–Kier alpha value is -1.88. The van der Waals surface area contributed by atoms with Gasteiger partial charge in [-0.25, -0.2) is 0 Å². The number of amides is 2. The van der Waals surface area contributed by atoms with Crippen LogP contribution in [0.2, 0.25) is 0 Å². The van der Waals surface area contributed by atoms with E-state index in [0.29, 0.717) is 25.3 Å². The molecule has 1 aromatic carbocycles. The van der Waals surface area contributed by atoms with Crippen molar-refractivity contribution in [3.63, 3.8) is 0 Å². The SMILES string of the molecule is CCNC(=O)CN(CC)C(=O)c1cccc(COC)c1. The summed E-state index contributed by atoms with van der Waals surface area (Å²) < 4.78 is 5.06. The normalized spacial score (nSPS) is 10.2. The van der Waals surface area contributed by atoms with E-state index in [0.717, 1.165) is 5.56 Å². The van der Waals surface area contributed by atoms with E-state index in [4.69, 9.17) is 4.74 Å². The molecule has 0 aliphatic rings. The minimum absolute atomic E-state index is 0.0810. The van der Waals surface area contributed by atoms with Crippen molar-refractivity contribution in [1.82, 2.24) is 10.2 Å². The summed E-state index contributed by atoms with van der Waals surface area (Å²) in [6, 6.07) is 7.27. The Kier molecular flexibility index (Phi) is 6.73. The Morgan fingerprint density at radius 1 is 1.30 bits per heavy atom. The van der Waals surface area contributed by atoms with E-state index < -0.39 is 0 Å². The molecule has 5 heteroatoms. The number of ether oxygens (including phenoxy) is 1. The van der Waals surface area contributed by atoms with Crippen LogP contribution in [0.1, 0.15) is 29.8 Å². The molecule has 0 saturated carbocycles. The number of nitrogens with zero attached hydrogens (tertiary/aromatic N) is 1. The lowest BCUT2D eigenvalue weighted by molar-refractivity contribution is -0.121. The monoisotopic (exact) mass is 278 g/mol. The number of rotatable bonds is 7. The molecule has 0 spiro atoms. The van der Waals surface area contributed by atoms with Gasteiger partial charge in [-0.05, 0) is 31.5 Å². The summed E-state index contributed by atoms with van der Waals surface area (Å²) in [7, 11) is 1.61. The van der Waals surface area contributed by atoms with Gasteiger partial charge < -0.3 is 15.0 Å². The van der Waals surface area contributed by atoms with Gasteiger partial charge in [0.2, 0.25) is 5.91 Å². The first-order valence-electron chi connectivity index (χ1n) is 6.76. The van der Waals surface area contributed by atoms with Crippen molar-refractivity contribution in [2.45, 2.75) is 20.5 Å². The average molecular weight is 278 g/mol. The average Bonchev–Trinajstić information content (AvgIpc) is 2.45. The predicted octanol–water partition coefficient (Wildman–Crippen LogP) is 1.43. The molecule has 20 heavy (non-hydrogen) atoms. The Balaban J connectivity index is 2.79. The number of carbonyl (C=O) groups excluding carboxylic acids is 2. The van der Waals surface area contributed by atoms with Crippen molar-refractivity contribution in [2.75, 3.05) is 26.7 Å². The van der Waals surface area contributed by atoms with Gasteiger partial charge in [-0.2, -0.15) is 0 Å². The van der Waals surface area contributed by atoms with Gasteiger partial charge in [0.05, 0.1) is 13.2 Å². The van der Waals surface area contributed by atoms with Crippen molar-refractivity contribution in [2.24, 2.45) is 0 Å². The number of hydrogen-bond acceptors (Lipinski definition) is 3. The zero-order chi connectivity index (χ0) is 15.0. The van der Waals surface area contributed by atoms with Crippen LogP contribution in [0.25, 0.3) is 0 Å². The lowest BCUT2D eigenvalue weighted by atomic mass is 10.1. The fraction of sp³-hybridized carbons (Fsp3) is 0.467. The van der Waals surface area contributed by atoms with E-state index in [1.54, 1.807) is 19.2 Å². The molecule has 0 bridgehead atoms. The Morgan fingerprint density at radius 3 is 2.65 bits per heavy atom. The van der Waals surface area contributed by atoms with Crippen LogP contribution in [-0.4, -0.2) is 43.5 Å². The summed E-state index contributed by atoms with van der Waals surface area (Å²) in [5, 5.41) is 2.70. The maximum Gasteiger partial charge on any atom is 0.254 e. The molecule has 1 rings (SSSR count). The minimum atomic E-state index is -0.143. The lowest BCUT2D eigenvalue weighted by Gasteiger charge is -2.20. The summed E-state index contributed by atoms with van der Waals surface area (Å²) in [4.78, 5) is 25.5. The van der Waals surface area contributed by atoms with Crippen molar-refractivity contribution in [1.29, 1.82) is 0 Å². The van der Waals surface area contributed by atoms with Crippen LogP contribution < -0.4 is 5.32 Å². The molecular formula is C15H22N2O3. The molecule has 0 heterocycles. The molecule has 5 nitrogen and oxygen atoms in total. The number of benzene rings is 1. The number of methoxy groups -OCH3 is 1. The highest BCUT2D eigenvalue weighted by Crippen LogP contribution is 2.09. The summed E-state index contributed by atoms with van der Waals surface area (Å²) >= 11 is 0. The maximum atomic E-state index is 12.4. The molecule has 0 unspecified atom stereocenters. The highest BCUT2D eigenvalue weighted by atomic mass is 16.5. The molecule has 2 amide bonds. The fourth-order valence-corrected chi connectivity index (χ4v) is 1.90. The van der Waals surface area contributed by atoms with E-state index in [9.17, 15) is 9.59 Å². The Labute approximate surface area is 119 Å². The summed E-state index contributed by atoms with van der Waals surface area (Å²) in [6.07, 6.45) is 0. The van der Waals surface area contributed by atoms with E-state index in [-0.39, 0.29) is 18.4 Å². The van der Waals surface area contributed by atoms with Crippen molar-refractivity contribution >= 4 is 11.8 Å². The highest BCUT2D eigenvalue weighted by molar-refractivity contribution is 5.96. The lowest BCUT2D eigenvalue weighted by Crippen LogP contribution is -2.40. The van der Waals surface area contributed by atoms with Crippen LogP contribution in [0.3, 0.4) is 0 Å². The first-order chi connectivity index (χ1) is 9.62. The molecule has 0 fully saturated rings. The third-order valence-electron chi connectivity index (χ3n) is 2.86. The van der Waals surface area contributed by atoms with Crippen molar-refractivity contribution in [3.05, 3.63) is 35.4 Å². The van der Waals surface area contributed by atoms with Crippen LogP contribution in [0.15, 0.2) is 24.3 Å². The van der Waals surface area contributed by atoms with Gasteiger partial charge in [-0.15, -0.1) is 0 Å². The third kappa shape index (κ3) is 4.66. The summed E-state index contributed by atoms with van der Waals surface area (Å²) in [5.41, 5.74) is 1.51. The van der Waals surface area contributed by atoms with E-state index >= 15 is 0 Å². The molecule has 1 aromatic rings. The number of hydrogen-bond donors (Lipinski definition) is 1. The molecule has 0 saturated heterocycles. The minimum Gasteiger partial charge on any atom is -0.380 e. The summed E-state index contributed by atoms with van der Waals surface area (Å²) in [5.74, 6) is -0.285. The molecule has 0 atom stereocenters. The van der Waals surface area contributed by atoms with Gasteiger partial charge in [0.1, 0.15) is 0 Å². The van der Waals surface area contributed by atoms with Crippen LogP contribution in [0, 0.1) is 0 Å². The van der Waals surface area contributed by atoms with Gasteiger partial charge in [-0.1, -0.05) is 12.1 Å². The third-order valence-corrected chi connectivity index (χ3v) is 2.86. The molecule has 0 aromatic heterocycles. The fourth-order valence-electron chi connectivity index (χ4n) is 1.90. The van der Waals surface area contributed by atoms with E-state index in [1.807, 2.05) is 26.0 Å². The quantitative estimate of drug-likeness (QED) is 0.821. The van der Waals surface area contributed by atoms with Gasteiger partial charge in [-0.3, -0.25) is 9.59 Å². The predicted molar refractivity (Wildman–Crippen MR) is 77.4 cm³/mol. The zero-order valence-electron chi connectivity index (χ0n) is 12.3. The zero-order valence-corrected chi connectivity index (χ0v) is 12.3. The molecular weight excluding hydrogens is 256 g/mol. The first-order valence-corrected chi connectivity index (χ1v) is 6.76. The topological polar surface area (TPSA) is 58.6 Å². The van der Waals surface area contributed by atoms with Crippen molar-refractivity contribution < 1.29 is 14.3 Å². The molecule has 1 N–H and O–H groups in total. The number of carbonyl (C=O) groups is 2. The van der Waals surface area contributed by atoms with Gasteiger partial charge in [0.15, 0.2) is 0 Å². The van der Waals surface area contributed by atoms with Crippen molar-refractivity contribution in [3.8, 4) is 0 Å². The van der Waals surface area contributed by atoms with Gasteiger partial charge in [0, 0.05) is 25.8 Å². The first kappa shape index (κ1) is 16.2. The van der Waals surface area contributed by atoms with E-state index in [1.165, 1.54) is 4.90 Å².